The predicted octanol–water partition coefficient (Wildman–Crippen LogP) is -0.313. The number of aliphatic carboxylic acids is 1. The van der Waals surface area contributed by atoms with Crippen molar-refractivity contribution in [3.8, 4) is 0 Å². The molecule has 0 radical (unpaired) electrons. The third-order valence-electron chi connectivity index (χ3n) is 2.98. The molecular formula is C11H14N4O4S. The Labute approximate surface area is 118 Å². The lowest BCUT2D eigenvalue weighted by Crippen LogP contribution is -2.59. The Balaban J connectivity index is 2.31. The highest BCUT2D eigenvalue weighted by Gasteiger charge is 2.37. The van der Waals surface area contributed by atoms with Crippen molar-refractivity contribution in [3.05, 3.63) is 10.6 Å². The number of carboxylic acid groups (broad SMARTS) is 1. The molecule has 0 aromatic carbocycles. The molecule has 108 valence electrons. The molecule has 1 aromatic heterocycles. The molecule has 1 aliphatic heterocycles. The predicted molar refractivity (Wildman–Crippen MR) is 69.5 cm³/mol. The normalized spacial score (nSPS) is 19.1. The van der Waals surface area contributed by atoms with Crippen molar-refractivity contribution in [2.75, 3.05) is 13.1 Å². The van der Waals surface area contributed by atoms with Crippen LogP contribution in [-0.4, -0.2) is 56.5 Å². The highest BCUT2D eigenvalue weighted by molar-refractivity contribution is 7.08. The van der Waals surface area contributed by atoms with E-state index in [2.05, 4.69) is 14.9 Å². The Kier molecular flexibility index (Phi) is 3.98. The van der Waals surface area contributed by atoms with Crippen molar-refractivity contribution in [2.45, 2.75) is 25.8 Å². The number of hydrogen-bond donors (Lipinski definition) is 2. The van der Waals surface area contributed by atoms with Crippen molar-refractivity contribution in [1.29, 1.82) is 0 Å². The van der Waals surface area contributed by atoms with E-state index in [1.165, 1.54) is 0 Å². The van der Waals surface area contributed by atoms with Crippen molar-refractivity contribution in [2.24, 2.45) is 0 Å². The molecule has 9 heteroatoms. The maximum Gasteiger partial charge on any atom is 0.328 e. The maximum atomic E-state index is 12.5. The van der Waals surface area contributed by atoms with E-state index in [0.29, 0.717) is 10.6 Å². The molecule has 0 bridgehead atoms. The standard InChI is InChI=1S/C11H14N4O4S/c1-5(2)8-9(20-14-13-8)10(17)15-4-7(16)12-3-6(15)11(18)19/h5-6H,3-4H2,1-2H3,(H,12,16)(H,18,19). The molecule has 20 heavy (non-hydrogen) atoms. The van der Waals surface area contributed by atoms with Gasteiger partial charge in [-0.3, -0.25) is 9.59 Å². The summed E-state index contributed by atoms with van der Waals surface area (Å²) in [4.78, 5) is 36.4. The van der Waals surface area contributed by atoms with Crippen molar-refractivity contribution in [1.82, 2.24) is 19.8 Å². The van der Waals surface area contributed by atoms with Crippen LogP contribution in [-0.2, 0) is 9.59 Å². The van der Waals surface area contributed by atoms with E-state index in [4.69, 9.17) is 5.11 Å². The molecule has 1 atom stereocenters. The average Bonchev–Trinajstić information content (AvgIpc) is 2.86. The number of carbonyl (C=O) groups is 3. The molecule has 1 fully saturated rings. The molecule has 2 amide bonds. The SMILES string of the molecule is CC(C)c1nnsc1C(=O)N1CC(=O)NCC1C(=O)O. The molecule has 1 aromatic rings. The second-order valence-corrected chi connectivity index (χ2v) is 5.49. The number of rotatable bonds is 3. The van der Waals surface area contributed by atoms with Gasteiger partial charge in [-0.2, -0.15) is 0 Å². The summed E-state index contributed by atoms with van der Waals surface area (Å²) in [6.07, 6.45) is 0. The van der Waals surface area contributed by atoms with E-state index >= 15 is 0 Å². The van der Waals surface area contributed by atoms with E-state index in [0.717, 1.165) is 16.4 Å². The highest BCUT2D eigenvalue weighted by atomic mass is 32.1. The summed E-state index contributed by atoms with van der Waals surface area (Å²) in [6, 6.07) is -1.07. The van der Waals surface area contributed by atoms with Crippen LogP contribution in [0.5, 0.6) is 0 Å². The van der Waals surface area contributed by atoms with Gasteiger partial charge in [0.15, 0.2) is 0 Å². The summed E-state index contributed by atoms with van der Waals surface area (Å²) in [5.74, 6) is -2.04. The number of amides is 2. The van der Waals surface area contributed by atoms with Gasteiger partial charge in [0.05, 0.1) is 5.69 Å². The zero-order chi connectivity index (χ0) is 14.9. The van der Waals surface area contributed by atoms with Crippen LogP contribution < -0.4 is 5.32 Å². The van der Waals surface area contributed by atoms with E-state index in [1.807, 2.05) is 13.8 Å². The molecule has 0 spiro atoms. The van der Waals surface area contributed by atoms with Crippen LogP contribution in [0.25, 0.3) is 0 Å². The molecule has 0 saturated carbocycles. The van der Waals surface area contributed by atoms with Crippen LogP contribution >= 0.6 is 11.5 Å². The largest absolute Gasteiger partial charge is 0.480 e. The summed E-state index contributed by atoms with van der Waals surface area (Å²) in [6.45, 7) is 3.37. The van der Waals surface area contributed by atoms with Gasteiger partial charge < -0.3 is 15.3 Å². The summed E-state index contributed by atoms with van der Waals surface area (Å²) < 4.78 is 3.74. The second kappa shape index (κ2) is 5.53. The first kappa shape index (κ1) is 14.4. The van der Waals surface area contributed by atoms with Gasteiger partial charge in [-0.15, -0.1) is 5.10 Å². The molecular weight excluding hydrogens is 284 g/mol. The lowest BCUT2D eigenvalue weighted by Gasteiger charge is -2.32. The smallest absolute Gasteiger partial charge is 0.328 e. The quantitative estimate of drug-likeness (QED) is 0.791. The monoisotopic (exact) mass is 298 g/mol. The highest BCUT2D eigenvalue weighted by Crippen LogP contribution is 2.22. The Bertz CT molecular complexity index is 556. The van der Waals surface area contributed by atoms with E-state index < -0.39 is 17.9 Å². The number of hydrogen-bond acceptors (Lipinski definition) is 6. The zero-order valence-electron chi connectivity index (χ0n) is 11.0. The lowest BCUT2D eigenvalue weighted by atomic mass is 10.1. The molecule has 1 saturated heterocycles. The van der Waals surface area contributed by atoms with E-state index in [9.17, 15) is 14.4 Å². The van der Waals surface area contributed by atoms with Gasteiger partial charge in [-0.25, -0.2) is 4.79 Å². The minimum atomic E-state index is -1.15. The number of carboxylic acids is 1. The van der Waals surface area contributed by atoms with Crippen LogP contribution in [0, 0.1) is 0 Å². The number of carbonyl (C=O) groups excluding carboxylic acids is 2. The minimum absolute atomic E-state index is 0.00500. The van der Waals surface area contributed by atoms with Gasteiger partial charge >= 0.3 is 5.97 Å². The molecule has 8 nitrogen and oxygen atoms in total. The van der Waals surface area contributed by atoms with Gasteiger partial charge in [-0.1, -0.05) is 18.3 Å². The van der Waals surface area contributed by atoms with Crippen molar-refractivity contribution >= 4 is 29.3 Å². The summed E-state index contributed by atoms with van der Waals surface area (Å²) in [5.41, 5.74) is 0.523. The van der Waals surface area contributed by atoms with E-state index in [-0.39, 0.29) is 24.9 Å². The number of nitrogens with zero attached hydrogens (tertiary/aromatic N) is 3. The molecule has 2 N–H and O–H groups in total. The van der Waals surface area contributed by atoms with Crippen molar-refractivity contribution in [3.63, 3.8) is 0 Å². The third-order valence-corrected chi connectivity index (χ3v) is 3.71. The van der Waals surface area contributed by atoms with Crippen LogP contribution in [0.4, 0.5) is 0 Å². The number of aromatic nitrogens is 2. The summed E-state index contributed by atoms with van der Waals surface area (Å²) in [5, 5.41) is 15.5. The van der Waals surface area contributed by atoms with Gasteiger partial charge in [-0.05, 0) is 17.5 Å². The fourth-order valence-corrected chi connectivity index (χ4v) is 2.71. The third kappa shape index (κ3) is 2.62. The molecule has 2 heterocycles. The van der Waals surface area contributed by atoms with Crippen LogP contribution in [0.2, 0.25) is 0 Å². The lowest BCUT2D eigenvalue weighted by molar-refractivity contribution is -0.144. The fraction of sp³-hybridized carbons (Fsp3) is 0.545. The van der Waals surface area contributed by atoms with Crippen LogP contribution in [0.1, 0.15) is 35.1 Å². The van der Waals surface area contributed by atoms with Crippen LogP contribution in [0.3, 0.4) is 0 Å². The van der Waals surface area contributed by atoms with Crippen molar-refractivity contribution < 1.29 is 19.5 Å². The first-order chi connectivity index (χ1) is 9.41. The molecule has 2 rings (SSSR count). The first-order valence-electron chi connectivity index (χ1n) is 6.04. The molecule has 0 aliphatic carbocycles. The molecule has 1 unspecified atom stereocenters. The first-order valence-corrected chi connectivity index (χ1v) is 6.82. The van der Waals surface area contributed by atoms with Gasteiger partial charge in [0.25, 0.3) is 5.91 Å². The minimum Gasteiger partial charge on any atom is -0.480 e. The van der Waals surface area contributed by atoms with Gasteiger partial charge in [0.1, 0.15) is 17.5 Å². The van der Waals surface area contributed by atoms with Gasteiger partial charge in [0.2, 0.25) is 5.91 Å². The zero-order valence-corrected chi connectivity index (χ0v) is 11.8. The maximum absolute atomic E-state index is 12.5. The Morgan fingerprint density at radius 2 is 2.20 bits per heavy atom. The molecule has 1 aliphatic rings. The topological polar surface area (TPSA) is 112 Å². The Morgan fingerprint density at radius 1 is 1.50 bits per heavy atom. The summed E-state index contributed by atoms with van der Waals surface area (Å²) in [7, 11) is 0. The fourth-order valence-electron chi connectivity index (χ4n) is 1.93. The van der Waals surface area contributed by atoms with Gasteiger partial charge in [0, 0.05) is 6.54 Å². The summed E-state index contributed by atoms with van der Waals surface area (Å²) >= 11 is 0.918. The van der Waals surface area contributed by atoms with E-state index in [1.54, 1.807) is 0 Å². The second-order valence-electron chi connectivity index (χ2n) is 4.73. The van der Waals surface area contributed by atoms with Crippen LogP contribution in [0.15, 0.2) is 0 Å². The average molecular weight is 298 g/mol. The Hall–Kier alpha value is -2.03. The Morgan fingerprint density at radius 3 is 2.80 bits per heavy atom. The number of piperazine rings is 1. The number of nitrogens with one attached hydrogen (secondary N) is 1.